The number of thiazole rings is 1. The largest absolute Gasteiger partial charge is 0.393 e. The summed E-state index contributed by atoms with van der Waals surface area (Å²) in [5.41, 5.74) is 2.29. The number of aromatic nitrogens is 2. The third kappa shape index (κ3) is 2.42. The Balaban J connectivity index is 1.98. The molecule has 2 N–H and O–H groups in total. The number of aliphatic hydroxyl groups is 1. The Morgan fingerprint density at radius 1 is 1.62 bits per heavy atom. The van der Waals surface area contributed by atoms with Gasteiger partial charge in [0.1, 0.15) is 0 Å². The fraction of sp³-hybridized carbons (Fsp3) is 0.545. The fourth-order valence-electron chi connectivity index (χ4n) is 1.67. The van der Waals surface area contributed by atoms with Gasteiger partial charge in [-0.1, -0.05) is 0 Å². The van der Waals surface area contributed by atoms with Gasteiger partial charge in [-0.3, -0.25) is 4.40 Å². The minimum absolute atomic E-state index is 0.236. The van der Waals surface area contributed by atoms with Gasteiger partial charge < -0.3 is 10.4 Å². The summed E-state index contributed by atoms with van der Waals surface area (Å²) >= 11 is 1.65. The molecule has 0 aliphatic heterocycles. The Labute approximate surface area is 98.9 Å². The van der Waals surface area contributed by atoms with Crippen molar-refractivity contribution in [2.24, 2.45) is 0 Å². The Hall–Kier alpha value is -0.910. The number of hydrogen-bond acceptors (Lipinski definition) is 4. The number of aliphatic hydroxyl groups excluding tert-OH is 1. The van der Waals surface area contributed by atoms with Crippen LogP contribution in [-0.2, 0) is 6.54 Å². The van der Waals surface area contributed by atoms with Crippen molar-refractivity contribution in [2.75, 3.05) is 6.54 Å². The van der Waals surface area contributed by atoms with E-state index in [1.165, 1.54) is 5.69 Å². The van der Waals surface area contributed by atoms with Gasteiger partial charge in [-0.2, -0.15) is 0 Å². The molecule has 1 unspecified atom stereocenters. The van der Waals surface area contributed by atoms with Crippen molar-refractivity contribution < 1.29 is 5.11 Å². The highest BCUT2D eigenvalue weighted by Crippen LogP contribution is 2.16. The van der Waals surface area contributed by atoms with Crippen LogP contribution in [-0.4, -0.2) is 27.1 Å². The highest BCUT2D eigenvalue weighted by Gasteiger charge is 2.08. The quantitative estimate of drug-likeness (QED) is 0.779. The summed E-state index contributed by atoms with van der Waals surface area (Å²) in [4.78, 5) is 5.53. The summed E-state index contributed by atoms with van der Waals surface area (Å²) in [5.74, 6) is 0. The summed E-state index contributed by atoms with van der Waals surface area (Å²) in [5, 5.41) is 14.5. The lowest BCUT2D eigenvalue weighted by atomic mass is 10.3. The van der Waals surface area contributed by atoms with Crippen molar-refractivity contribution in [3.05, 3.63) is 23.0 Å². The molecule has 5 heteroatoms. The Bertz CT molecular complexity index is 461. The molecule has 0 aliphatic carbocycles. The summed E-state index contributed by atoms with van der Waals surface area (Å²) in [7, 11) is 0. The van der Waals surface area contributed by atoms with E-state index < -0.39 is 0 Å². The van der Waals surface area contributed by atoms with Crippen LogP contribution in [0.4, 0.5) is 0 Å². The number of rotatable bonds is 5. The van der Waals surface area contributed by atoms with Crippen molar-refractivity contribution in [3.63, 3.8) is 0 Å². The molecule has 0 amide bonds. The highest BCUT2D eigenvalue weighted by atomic mass is 32.1. The van der Waals surface area contributed by atoms with Gasteiger partial charge in [0.2, 0.25) is 0 Å². The molecule has 2 aromatic rings. The first kappa shape index (κ1) is 11.6. The van der Waals surface area contributed by atoms with Crippen LogP contribution < -0.4 is 5.32 Å². The van der Waals surface area contributed by atoms with Gasteiger partial charge in [0, 0.05) is 18.1 Å². The first-order chi connectivity index (χ1) is 7.68. The molecule has 0 saturated heterocycles. The second-order valence-corrected chi connectivity index (χ2v) is 4.89. The lowest BCUT2D eigenvalue weighted by molar-refractivity contribution is 0.183. The summed E-state index contributed by atoms with van der Waals surface area (Å²) < 4.78 is 2.12. The van der Waals surface area contributed by atoms with E-state index in [-0.39, 0.29) is 6.10 Å². The van der Waals surface area contributed by atoms with Crippen LogP contribution >= 0.6 is 11.3 Å². The van der Waals surface area contributed by atoms with Crippen molar-refractivity contribution in [2.45, 2.75) is 32.9 Å². The van der Waals surface area contributed by atoms with Gasteiger partial charge in [-0.15, -0.1) is 11.3 Å². The normalized spacial score (nSPS) is 13.4. The van der Waals surface area contributed by atoms with E-state index in [9.17, 15) is 0 Å². The standard InChI is InChI=1S/C11H17N3OS/c1-8(15)3-4-12-7-10-9(2)13-11-14(10)5-6-16-11/h5-6,8,12,15H,3-4,7H2,1-2H3. The lowest BCUT2D eigenvalue weighted by Crippen LogP contribution is -2.19. The van der Waals surface area contributed by atoms with E-state index in [1.807, 2.05) is 25.4 Å². The van der Waals surface area contributed by atoms with Gasteiger partial charge in [0.25, 0.3) is 0 Å². The smallest absolute Gasteiger partial charge is 0.194 e. The summed E-state index contributed by atoms with van der Waals surface area (Å²) in [6.07, 6.45) is 2.59. The van der Waals surface area contributed by atoms with Crippen LogP contribution in [0, 0.1) is 6.92 Å². The van der Waals surface area contributed by atoms with E-state index >= 15 is 0 Å². The molecule has 0 saturated carbocycles. The molecule has 88 valence electrons. The zero-order valence-electron chi connectivity index (χ0n) is 9.60. The average molecular weight is 239 g/mol. The Kier molecular flexibility index (Phi) is 3.58. The lowest BCUT2D eigenvalue weighted by Gasteiger charge is -2.06. The fourth-order valence-corrected chi connectivity index (χ4v) is 2.45. The number of hydrogen-bond donors (Lipinski definition) is 2. The van der Waals surface area contributed by atoms with Crippen molar-refractivity contribution in [1.82, 2.24) is 14.7 Å². The van der Waals surface area contributed by atoms with Crippen molar-refractivity contribution in [1.29, 1.82) is 0 Å². The molecule has 1 atom stereocenters. The predicted octanol–water partition coefficient (Wildman–Crippen LogP) is 1.56. The maximum absolute atomic E-state index is 9.15. The molecule has 2 rings (SSSR count). The Morgan fingerprint density at radius 2 is 2.44 bits per heavy atom. The van der Waals surface area contributed by atoms with Gasteiger partial charge in [0.15, 0.2) is 4.96 Å². The molecule has 16 heavy (non-hydrogen) atoms. The topological polar surface area (TPSA) is 49.6 Å². The average Bonchev–Trinajstić information content (AvgIpc) is 2.74. The summed E-state index contributed by atoms with van der Waals surface area (Å²) in [6, 6.07) is 0. The number of nitrogens with one attached hydrogen (secondary N) is 1. The van der Waals surface area contributed by atoms with Crippen LogP contribution in [0.15, 0.2) is 11.6 Å². The predicted molar refractivity (Wildman–Crippen MR) is 65.8 cm³/mol. The van der Waals surface area contributed by atoms with Crippen molar-refractivity contribution in [3.8, 4) is 0 Å². The molecule has 0 fully saturated rings. The molecular formula is C11H17N3OS. The SMILES string of the molecule is Cc1nc2sccn2c1CNCCC(C)O. The number of aryl methyl sites for hydroxylation is 1. The van der Waals surface area contributed by atoms with Crippen LogP contribution in [0.5, 0.6) is 0 Å². The first-order valence-electron chi connectivity index (χ1n) is 5.48. The van der Waals surface area contributed by atoms with Gasteiger partial charge in [-0.25, -0.2) is 4.98 Å². The number of imidazole rings is 1. The number of fused-ring (bicyclic) bond motifs is 1. The van der Waals surface area contributed by atoms with E-state index in [4.69, 9.17) is 5.11 Å². The molecule has 0 aliphatic rings. The zero-order valence-corrected chi connectivity index (χ0v) is 10.4. The third-order valence-corrected chi connectivity index (χ3v) is 3.35. The second-order valence-electron chi connectivity index (χ2n) is 4.01. The highest BCUT2D eigenvalue weighted by molar-refractivity contribution is 7.15. The van der Waals surface area contributed by atoms with Crippen LogP contribution in [0.3, 0.4) is 0 Å². The van der Waals surface area contributed by atoms with E-state index in [2.05, 4.69) is 14.7 Å². The van der Waals surface area contributed by atoms with Crippen LogP contribution in [0.2, 0.25) is 0 Å². The molecule has 0 radical (unpaired) electrons. The molecule has 2 heterocycles. The van der Waals surface area contributed by atoms with E-state index in [1.54, 1.807) is 11.3 Å². The minimum atomic E-state index is -0.236. The molecule has 0 bridgehead atoms. The summed E-state index contributed by atoms with van der Waals surface area (Å²) in [6.45, 7) is 5.47. The van der Waals surface area contributed by atoms with Crippen molar-refractivity contribution >= 4 is 16.3 Å². The molecule has 0 aromatic carbocycles. The third-order valence-electron chi connectivity index (χ3n) is 2.59. The molecule has 2 aromatic heterocycles. The first-order valence-corrected chi connectivity index (χ1v) is 6.36. The molecule has 4 nitrogen and oxygen atoms in total. The van der Waals surface area contributed by atoms with Gasteiger partial charge >= 0.3 is 0 Å². The second kappa shape index (κ2) is 4.95. The zero-order chi connectivity index (χ0) is 11.5. The Morgan fingerprint density at radius 3 is 3.19 bits per heavy atom. The minimum Gasteiger partial charge on any atom is -0.393 e. The van der Waals surface area contributed by atoms with E-state index in [0.717, 1.165) is 30.2 Å². The monoisotopic (exact) mass is 239 g/mol. The molecule has 0 spiro atoms. The maximum Gasteiger partial charge on any atom is 0.194 e. The van der Waals surface area contributed by atoms with Gasteiger partial charge in [0.05, 0.1) is 17.5 Å². The van der Waals surface area contributed by atoms with Gasteiger partial charge in [-0.05, 0) is 26.8 Å². The van der Waals surface area contributed by atoms with Crippen LogP contribution in [0.25, 0.3) is 4.96 Å². The van der Waals surface area contributed by atoms with Crippen LogP contribution in [0.1, 0.15) is 24.7 Å². The molecular weight excluding hydrogens is 222 g/mol. The van der Waals surface area contributed by atoms with E-state index in [0.29, 0.717) is 0 Å². The number of nitrogens with zero attached hydrogens (tertiary/aromatic N) is 2. The maximum atomic E-state index is 9.15.